The number of nitriles is 1. The normalized spacial score (nSPS) is 12.4. The van der Waals surface area contributed by atoms with Gasteiger partial charge in [0.15, 0.2) is 0 Å². The first-order chi connectivity index (χ1) is 27.1. The molecule has 8 aromatic carbocycles. The fraction of sp³-hybridized carbons (Fsp3) is 0. The van der Waals surface area contributed by atoms with E-state index in [9.17, 15) is 5.26 Å². The van der Waals surface area contributed by atoms with Crippen molar-refractivity contribution in [2.45, 2.75) is 0 Å². The summed E-state index contributed by atoms with van der Waals surface area (Å²) in [5.41, 5.74) is 8.78. The lowest BCUT2D eigenvalue weighted by Gasteiger charge is -2.14. The third kappa shape index (κ3) is 3.60. The van der Waals surface area contributed by atoms with E-state index in [0.717, 1.165) is 109 Å². The molecule has 0 fully saturated rings. The number of rotatable bonds is 1. The van der Waals surface area contributed by atoms with Gasteiger partial charge in [0.25, 0.3) is 0 Å². The van der Waals surface area contributed by atoms with Crippen LogP contribution < -0.4 is 0 Å². The average Bonchev–Trinajstić information content (AvgIpc) is 3.97. The molecule has 6 heteroatoms. The number of nitrogens with zero attached hydrogens (tertiary/aromatic N) is 3. The van der Waals surface area contributed by atoms with Crippen LogP contribution in [0.4, 0.5) is 4.39 Å². The van der Waals surface area contributed by atoms with Gasteiger partial charge in [-0.25, -0.2) is 4.39 Å². The molecule has 0 saturated carbocycles. The van der Waals surface area contributed by atoms with Crippen molar-refractivity contribution in [1.82, 2.24) is 8.97 Å². The first-order valence-electron chi connectivity index (χ1n) is 18.3. The molecule has 0 unspecified atom stereocenters. The second-order valence-electron chi connectivity index (χ2n) is 14.5. The van der Waals surface area contributed by atoms with Crippen LogP contribution in [0.25, 0.3) is 120 Å². The molecule has 4 bridgehead atoms. The van der Waals surface area contributed by atoms with Gasteiger partial charge in [-0.1, -0.05) is 72.8 Å². The van der Waals surface area contributed by atoms with Crippen LogP contribution in [0.3, 0.4) is 0 Å². The Bertz CT molecular complexity index is 3930. The zero-order valence-electron chi connectivity index (χ0n) is 28.9. The molecule has 0 radical (unpaired) electrons. The smallest absolute Gasteiger partial charge is 0.137 e. The van der Waals surface area contributed by atoms with Crippen LogP contribution >= 0.6 is 0 Å². The van der Waals surface area contributed by atoms with E-state index in [1.54, 1.807) is 12.1 Å². The van der Waals surface area contributed by atoms with Crippen LogP contribution in [0.1, 0.15) is 5.56 Å². The molecule has 254 valence electrons. The van der Waals surface area contributed by atoms with Crippen LogP contribution in [-0.4, -0.2) is 8.97 Å². The van der Waals surface area contributed by atoms with E-state index in [4.69, 9.17) is 8.83 Å². The molecule has 0 aliphatic heterocycles. The summed E-state index contributed by atoms with van der Waals surface area (Å²) in [7, 11) is 0. The number of aromatic nitrogens is 2. The Kier molecular flexibility index (Phi) is 5.29. The Balaban J connectivity index is 1.35. The predicted octanol–water partition coefficient (Wildman–Crippen LogP) is 13.5. The van der Waals surface area contributed by atoms with Crippen molar-refractivity contribution in [3.63, 3.8) is 0 Å². The highest BCUT2D eigenvalue weighted by Gasteiger charge is 2.24. The molecule has 5 aromatic heterocycles. The SMILES string of the molecule is N#Cc1c(-n2c3ccccc3c3ccc4oc5ccccc5c4c32)ccc2c3cc(F)cc(c3)c3ccc4c5ccc6oc7ccccc7c6c5n(c4c3)c12. The van der Waals surface area contributed by atoms with E-state index >= 15 is 4.39 Å². The van der Waals surface area contributed by atoms with Crippen molar-refractivity contribution >= 4 is 115 Å². The number of hydrogen-bond donors (Lipinski definition) is 0. The highest BCUT2D eigenvalue weighted by molar-refractivity contribution is 6.27. The molecular weight excluding hydrogens is 682 g/mol. The van der Waals surface area contributed by atoms with E-state index < -0.39 is 0 Å². The third-order valence-corrected chi connectivity index (χ3v) is 11.7. The van der Waals surface area contributed by atoms with Crippen LogP contribution in [-0.2, 0) is 0 Å². The predicted molar refractivity (Wildman–Crippen MR) is 221 cm³/mol. The summed E-state index contributed by atoms with van der Waals surface area (Å²) in [6.07, 6.45) is 0. The lowest BCUT2D eigenvalue weighted by molar-refractivity contribution is 0.631. The maximum absolute atomic E-state index is 15.7. The topological polar surface area (TPSA) is 59.4 Å². The van der Waals surface area contributed by atoms with Crippen molar-refractivity contribution in [1.29, 1.82) is 5.26 Å². The average molecular weight is 706 g/mol. The molecule has 13 rings (SSSR count). The molecular formula is C49H24FN3O2. The van der Waals surface area contributed by atoms with Crippen LogP contribution in [0, 0.1) is 17.1 Å². The van der Waals surface area contributed by atoms with Gasteiger partial charge in [-0.2, -0.15) is 5.26 Å². The highest BCUT2D eigenvalue weighted by Crippen LogP contribution is 2.45. The molecule has 0 atom stereocenters. The van der Waals surface area contributed by atoms with E-state index in [1.165, 1.54) is 0 Å². The Morgan fingerprint density at radius 3 is 1.80 bits per heavy atom. The number of halogens is 1. The maximum atomic E-state index is 15.7. The molecule has 0 aliphatic carbocycles. The zero-order chi connectivity index (χ0) is 36.1. The van der Waals surface area contributed by atoms with E-state index in [-0.39, 0.29) is 5.82 Å². The second kappa shape index (κ2) is 10.1. The largest absolute Gasteiger partial charge is 0.456 e. The Morgan fingerprint density at radius 1 is 0.455 bits per heavy atom. The number of benzene rings is 8. The van der Waals surface area contributed by atoms with Crippen LogP contribution in [0.5, 0.6) is 0 Å². The van der Waals surface area contributed by atoms with Gasteiger partial charge in [0.1, 0.15) is 39.8 Å². The molecule has 0 amide bonds. The molecule has 5 heterocycles. The molecule has 0 spiro atoms. The lowest BCUT2D eigenvalue weighted by atomic mass is 10.0. The van der Waals surface area contributed by atoms with Gasteiger partial charge in [-0.3, -0.25) is 0 Å². The van der Waals surface area contributed by atoms with Gasteiger partial charge in [-0.15, -0.1) is 0 Å². The Hall–Kier alpha value is -7.62. The first kappa shape index (κ1) is 28.9. The Morgan fingerprint density at radius 2 is 1.05 bits per heavy atom. The van der Waals surface area contributed by atoms with E-state index in [2.05, 4.69) is 81.8 Å². The van der Waals surface area contributed by atoms with Gasteiger partial charge < -0.3 is 17.8 Å². The van der Waals surface area contributed by atoms with Gasteiger partial charge in [0, 0.05) is 37.7 Å². The molecule has 5 nitrogen and oxygen atoms in total. The van der Waals surface area contributed by atoms with Gasteiger partial charge >= 0.3 is 0 Å². The van der Waals surface area contributed by atoms with Crippen LogP contribution in [0.15, 0.2) is 154 Å². The summed E-state index contributed by atoms with van der Waals surface area (Å²) in [5.74, 6) is -0.336. The van der Waals surface area contributed by atoms with E-state index in [0.29, 0.717) is 16.5 Å². The van der Waals surface area contributed by atoms with Crippen molar-refractivity contribution in [2.75, 3.05) is 0 Å². The van der Waals surface area contributed by atoms with Crippen molar-refractivity contribution in [2.24, 2.45) is 0 Å². The number of para-hydroxylation sites is 3. The fourth-order valence-electron chi connectivity index (χ4n) is 9.49. The monoisotopic (exact) mass is 705 g/mol. The minimum absolute atomic E-state index is 0.336. The fourth-order valence-corrected chi connectivity index (χ4v) is 9.49. The standard InChI is InChI=1S/C49H24FN3O2/c50-29-22-27-21-28(23-29)30-15-18-39(52-38-10-4-1-7-31(38)33-16-19-43-45(48(33)52)35-8-2-5-11-41(35)54-43)37(25-51)47(30)53-40-24-26(27)13-14-32(40)34-17-20-44-46(49(34)53)36-9-3-6-12-42(36)55-44/h1-24H. The van der Waals surface area contributed by atoms with E-state index in [1.807, 2.05) is 66.7 Å². The molecule has 0 N–H and O–H groups in total. The summed E-state index contributed by atoms with van der Waals surface area (Å²) < 4.78 is 33.0. The molecule has 13 aromatic rings. The van der Waals surface area contributed by atoms with Gasteiger partial charge in [0.05, 0.1) is 44.0 Å². The summed E-state index contributed by atoms with van der Waals surface area (Å²) in [4.78, 5) is 0. The molecule has 0 saturated heterocycles. The number of hydrogen-bond acceptors (Lipinski definition) is 3. The highest BCUT2D eigenvalue weighted by atomic mass is 19.1. The van der Waals surface area contributed by atoms with Gasteiger partial charge in [-0.05, 0) is 89.0 Å². The maximum Gasteiger partial charge on any atom is 0.137 e. The second-order valence-corrected chi connectivity index (χ2v) is 14.5. The summed E-state index contributed by atoms with van der Waals surface area (Å²) in [5, 5.41) is 22.9. The minimum Gasteiger partial charge on any atom is -0.456 e. The number of fused-ring (bicyclic) bond motifs is 21. The van der Waals surface area contributed by atoms with Crippen molar-refractivity contribution < 1.29 is 13.2 Å². The molecule has 55 heavy (non-hydrogen) atoms. The first-order valence-corrected chi connectivity index (χ1v) is 18.3. The molecule has 0 aliphatic rings. The third-order valence-electron chi connectivity index (χ3n) is 11.7. The minimum atomic E-state index is -0.336. The van der Waals surface area contributed by atoms with Crippen molar-refractivity contribution in [3.8, 4) is 11.8 Å². The van der Waals surface area contributed by atoms with Gasteiger partial charge in [0.2, 0.25) is 0 Å². The Labute approximate surface area is 309 Å². The number of furan rings is 2. The summed E-state index contributed by atoms with van der Waals surface area (Å²) in [6.45, 7) is 0. The summed E-state index contributed by atoms with van der Waals surface area (Å²) >= 11 is 0. The quantitative estimate of drug-likeness (QED) is 0.171. The summed E-state index contributed by atoms with van der Waals surface area (Å²) in [6, 6.07) is 51.1. The van der Waals surface area contributed by atoms with Crippen molar-refractivity contribution in [3.05, 3.63) is 157 Å². The lowest BCUT2D eigenvalue weighted by Crippen LogP contribution is -2.01. The van der Waals surface area contributed by atoms with Crippen LogP contribution in [0.2, 0.25) is 0 Å². The zero-order valence-corrected chi connectivity index (χ0v) is 28.9.